The Bertz CT molecular complexity index is 254. The van der Waals surface area contributed by atoms with Crippen LogP contribution in [0.25, 0.3) is 0 Å². The molecule has 0 bridgehead atoms. The molecule has 1 heterocycles. The molecule has 1 aliphatic heterocycles. The van der Waals surface area contributed by atoms with Crippen LogP contribution in [0.4, 0.5) is 0 Å². The Balaban J connectivity index is 2.60. The lowest BCUT2D eigenvalue weighted by Gasteiger charge is -2.35. The van der Waals surface area contributed by atoms with Crippen molar-refractivity contribution in [2.75, 3.05) is 32.7 Å². The second kappa shape index (κ2) is 6.36. The van der Waals surface area contributed by atoms with Crippen molar-refractivity contribution >= 4 is 5.97 Å². The molecule has 1 atom stereocenters. The van der Waals surface area contributed by atoms with Gasteiger partial charge in [-0.05, 0) is 38.9 Å². The number of hydrogen-bond donors (Lipinski definition) is 1. The van der Waals surface area contributed by atoms with Gasteiger partial charge in [0.2, 0.25) is 0 Å². The van der Waals surface area contributed by atoms with E-state index >= 15 is 0 Å². The summed E-state index contributed by atoms with van der Waals surface area (Å²) in [6, 6.07) is 0. The van der Waals surface area contributed by atoms with Gasteiger partial charge >= 0.3 is 5.97 Å². The van der Waals surface area contributed by atoms with Gasteiger partial charge in [0.25, 0.3) is 0 Å². The molecule has 0 spiro atoms. The molecular formula is C13H26N2O2. The highest BCUT2D eigenvalue weighted by Crippen LogP contribution is 2.32. The molecule has 1 unspecified atom stereocenters. The first kappa shape index (κ1) is 14.5. The largest absolute Gasteiger partial charge is 0.480 e. The van der Waals surface area contributed by atoms with Crippen LogP contribution in [0, 0.1) is 0 Å². The third kappa shape index (κ3) is 2.99. The number of likely N-dealkylation sites (tertiary alicyclic amines) is 1. The Morgan fingerprint density at radius 3 is 2.47 bits per heavy atom. The highest BCUT2D eigenvalue weighted by Gasteiger charge is 2.45. The van der Waals surface area contributed by atoms with E-state index in [9.17, 15) is 9.90 Å². The van der Waals surface area contributed by atoms with Crippen LogP contribution >= 0.6 is 0 Å². The maximum Gasteiger partial charge on any atom is 0.324 e. The monoisotopic (exact) mass is 242 g/mol. The summed E-state index contributed by atoms with van der Waals surface area (Å²) in [5.74, 6) is -0.642. The van der Waals surface area contributed by atoms with Crippen LogP contribution in [0.5, 0.6) is 0 Å². The fourth-order valence-corrected chi connectivity index (χ4v) is 2.86. The van der Waals surface area contributed by atoms with Crippen LogP contribution in [-0.2, 0) is 4.79 Å². The molecule has 0 radical (unpaired) electrons. The lowest BCUT2D eigenvalue weighted by Crippen LogP contribution is -2.52. The lowest BCUT2D eigenvalue weighted by atomic mass is 9.93. The van der Waals surface area contributed by atoms with E-state index in [1.54, 1.807) is 0 Å². The Morgan fingerprint density at radius 1 is 1.35 bits per heavy atom. The third-order valence-corrected chi connectivity index (χ3v) is 4.19. The van der Waals surface area contributed by atoms with Gasteiger partial charge in [0, 0.05) is 13.1 Å². The van der Waals surface area contributed by atoms with Crippen LogP contribution in [0.2, 0.25) is 0 Å². The second-order valence-corrected chi connectivity index (χ2v) is 4.81. The van der Waals surface area contributed by atoms with E-state index in [0.717, 1.165) is 45.6 Å². The highest BCUT2D eigenvalue weighted by molar-refractivity contribution is 5.79. The topological polar surface area (TPSA) is 43.8 Å². The molecule has 100 valence electrons. The van der Waals surface area contributed by atoms with E-state index in [1.165, 1.54) is 0 Å². The van der Waals surface area contributed by atoms with E-state index in [4.69, 9.17) is 0 Å². The first-order valence-corrected chi connectivity index (χ1v) is 6.81. The van der Waals surface area contributed by atoms with Gasteiger partial charge in [-0.15, -0.1) is 0 Å². The summed E-state index contributed by atoms with van der Waals surface area (Å²) in [6.45, 7) is 11.2. The molecule has 0 aliphatic carbocycles. The minimum atomic E-state index is -0.642. The predicted octanol–water partition coefficient (Wildman–Crippen LogP) is 1.66. The van der Waals surface area contributed by atoms with Crippen molar-refractivity contribution in [1.82, 2.24) is 9.80 Å². The average Bonchev–Trinajstić information content (AvgIpc) is 2.74. The number of hydrogen-bond acceptors (Lipinski definition) is 3. The molecule has 4 heteroatoms. The van der Waals surface area contributed by atoms with Gasteiger partial charge in [0.15, 0.2) is 0 Å². The van der Waals surface area contributed by atoms with E-state index in [2.05, 4.69) is 23.6 Å². The molecule has 4 nitrogen and oxygen atoms in total. The normalized spacial score (nSPS) is 25.6. The molecule has 1 N–H and O–H groups in total. The SMILES string of the molecule is CCN(CC)CCN1CCCC1(CC)C(=O)O. The van der Waals surface area contributed by atoms with E-state index in [0.29, 0.717) is 6.42 Å². The number of rotatable bonds is 7. The summed E-state index contributed by atoms with van der Waals surface area (Å²) < 4.78 is 0. The van der Waals surface area contributed by atoms with Crippen LogP contribution in [-0.4, -0.2) is 59.1 Å². The number of aliphatic carboxylic acids is 1. The number of nitrogens with zero attached hydrogens (tertiary/aromatic N) is 2. The molecule has 1 fully saturated rings. The van der Waals surface area contributed by atoms with Crippen molar-refractivity contribution in [2.45, 2.75) is 45.6 Å². The predicted molar refractivity (Wildman–Crippen MR) is 69.3 cm³/mol. The minimum Gasteiger partial charge on any atom is -0.480 e. The van der Waals surface area contributed by atoms with Crippen LogP contribution in [0.15, 0.2) is 0 Å². The Labute approximate surface area is 105 Å². The Morgan fingerprint density at radius 2 is 2.00 bits per heavy atom. The fourth-order valence-electron chi connectivity index (χ4n) is 2.86. The van der Waals surface area contributed by atoms with Crippen molar-refractivity contribution in [1.29, 1.82) is 0 Å². The molecule has 0 saturated carbocycles. The maximum atomic E-state index is 11.5. The summed E-state index contributed by atoms with van der Waals surface area (Å²) in [4.78, 5) is 16.0. The summed E-state index contributed by atoms with van der Waals surface area (Å²) in [7, 11) is 0. The molecule has 17 heavy (non-hydrogen) atoms. The maximum absolute atomic E-state index is 11.5. The van der Waals surface area contributed by atoms with Crippen LogP contribution < -0.4 is 0 Å². The van der Waals surface area contributed by atoms with Crippen molar-refractivity contribution < 1.29 is 9.90 Å². The smallest absolute Gasteiger partial charge is 0.324 e. The fraction of sp³-hybridized carbons (Fsp3) is 0.923. The molecule has 0 aromatic heterocycles. The molecule has 1 saturated heterocycles. The van der Waals surface area contributed by atoms with Gasteiger partial charge in [0.05, 0.1) is 0 Å². The molecule has 1 rings (SSSR count). The zero-order valence-electron chi connectivity index (χ0n) is 11.4. The number of carboxylic acids is 1. The standard InChI is InChI=1S/C13H26N2O2/c1-4-13(12(16)17)8-7-9-15(13)11-10-14(5-2)6-3/h4-11H2,1-3H3,(H,16,17). The second-order valence-electron chi connectivity index (χ2n) is 4.81. The molecular weight excluding hydrogens is 216 g/mol. The average molecular weight is 242 g/mol. The summed E-state index contributed by atoms with van der Waals surface area (Å²) >= 11 is 0. The number of carbonyl (C=O) groups is 1. The first-order chi connectivity index (χ1) is 8.10. The minimum absolute atomic E-state index is 0.590. The molecule has 0 aromatic carbocycles. The lowest BCUT2D eigenvalue weighted by molar-refractivity contribution is -0.150. The zero-order valence-corrected chi connectivity index (χ0v) is 11.4. The van der Waals surface area contributed by atoms with Crippen molar-refractivity contribution in [3.05, 3.63) is 0 Å². The van der Waals surface area contributed by atoms with Gasteiger partial charge in [-0.25, -0.2) is 0 Å². The van der Waals surface area contributed by atoms with Gasteiger partial charge in [-0.2, -0.15) is 0 Å². The molecule has 0 aromatic rings. The van der Waals surface area contributed by atoms with Crippen LogP contribution in [0.3, 0.4) is 0 Å². The quantitative estimate of drug-likeness (QED) is 0.737. The van der Waals surface area contributed by atoms with Crippen LogP contribution in [0.1, 0.15) is 40.0 Å². The zero-order chi connectivity index (χ0) is 12.9. The number of carboxylic acid groups (broad SMARTS) is 1. The molecule has 1 aliphatic rings. The Kier molecular flexibility index (Phi) is 5.40. The van der Waals surface area contributed by atoms with E-state index < -0.39 is 11.5 Å². The summed E-state index contributed by atoms with van der Waals surface area (Å²) in [5, 5.41) is 9.46. The van der Waals surface area contributed by atoms with Gasteiger partial charge < -0.3 is 10.0 Å². The Hall–Kier alpha value is -0.610. The summed E-state index contributed by atoms with van der Waals surface area (Å²) in [5.41, 5.74) is -0.590. The van der Waals surface area contributed by atoms with Crippen molar-refractivity contribution in [3.63, 3.8) is 0 Å². The third-order valence-electron chi connectivity index (χ3n) is 4.19. The summed E-state index contributed by atoms with van der Waals surface area (Å²) in [6.07, 6.45) is 2.52. The van der Waals surface area contributed by atoms with E-state index in [-0.39, 0.29) is 0 Å². The van der Waals surface area contributed by atoms with Gasteiger partial charge in [-0.1, -0.05) is 20.8 Å². The van der Waals surface area contributed by atoms with Crippen molar-refractivity contribution in [3.8, 4) is 0 Å². The van der Waals surface area contributed by atoms with Gasteiger partial charge in [-0.3, -0.25) is 9.69 Å². The highest BCUT2D eigenvalue weighted by atomic mass is 16.4. The van der Waals surface area contributed by atoms with E-state index in [1.807, 2.05) is 6.92 Å². The number of likely N-dealkylation sites (N-methyl/N-ethyl adjacent to an activating group) is 1. The van der Waals surface area contributed by atoms with Gasteiger partial charge in [0.1, 0.15) is 5.54 Å². The molecule has 0 amide bonds. The first-order valence-electron chi connectivity index (χ1n) is 6.81. The van der Waals surface area contributed by atoms with Crippen molar-refractivity contribution in [2.24, 2.45) is 0 Å².